The number of hydrogen-bond acceptors (Lipinski definition) is 3. The van der Waals surface area contributed by atoms with Gasteiger partial charge in [-0.05, 0) is 38.4 Å². The molecule has 0 saturated heterocycles. The van der Waals surface area contributed by atoms with Gasteiger partial charge in [0, 0.05) is 24.8 Å². The average Bonchev–Trinajstić information content (AvgIpc) is 2.84. The molecule has 0 unspecified atom stereocenters. The van der Waals surface area contributed by atoms with Gasteiger partial charge in [-0.1, -0.05) is 18.2 Å². The van der Waals surface area contributed by atoms with Crippen molar-refractivity contribution in [3.8, 4) is 5.75 Å². The van der Waals surface area contributed by atoms with Gasteiger partial charge in [-0.2, -0.15) is 5.10 Å². The maximum Gasteiger partial charge on any atom is 0.122 e. The van der Waals surface area contributed by atoms with Crippen LogP contribution in [0.25, 0.3) is 0 Å². The van der Waals surface area contributed by atoms with Gasteiger partial charge in [0.25, 0.3) is 0 Å². The van der Waals surface area contributed by atoms with E-state index in [1.807, 2.05) is 22.9 Å². The second-order valence-corrected chi connectivity index (χ2v) is 4.83. The first kappa shape index (κ1) is 14.6. The van der Waals surface area contributed by atoms with Gasteiger partial charge in [0.2, 0.25) is 0 Å². The number of hydrogen-bond donors (Lipinski definition) is 1. The molecule has 4 nitrogen and oxygen atoms in total. The van der Waals surface area contributed by atoms with Gasteiger partial charge >= 0.3 is 0 Å². The molecule has 2 aromatic rings. The monoisotopic (exact) mass is 273 g/mol. The molecule has 0 saturated carbocycles. The molecule has 108 valence electrons. The summed E-state index contributed by atoms with van der Waals surface area (Å²) in [7, 11) is 1.72. The van der Waals surface area contributed by atoms with Crippen LogP contribution in [0.2, 0.25) is 0 Å². The third-order valence-electron chi connectivity index (χ3n) is 3.45. The topological polar surface area (TPSA) is 39.1 Å². The van der Waals surface area contributed by atoms with E-state index in [0.717, 1.165) is 37.5 Å². The molecule has 0 aliphatic carbocycles. The highest BCUT2D eigenvalue weighted by molar-refractivity contribution is 5.33. The van der Waals surface area contributed by atoms with Crippen LogP contribution in [0.3, 0.4) is 0 Å². The smallest absolute Gasteiger partial charge is 0.122 e. The number of nitrogens with one attached hydrogen (secondary N) is 1. The number of ether oxygens (including phenoxy) is 1. The Morgan fingerprint density at radius 2 is 2.05 bits per heavy atom. The Morgan fingerprint density at radius 1 is 1.25 bits per heavy atom. The normalized spacial score (nSPS) is 10.8. The summed E-state index contributed by atoms with van der Waals surface area (Å²) in [4.78, 5) is 0. The molecule has 2 rings (SSSR count). The Kier molecular flexibility index (Phi) is 5.18. The maximum atomic E-state index is 5.36. The quantitative estimate of drug-likeness (QED) is 0.788. The number of aryl methyl sites for hydroxylation is 2. The first-order valence-electron chi connectivity index (χ1n) is 7.10. The minimum atomic E-state index is 0.862. The lowest BCUT2D eigenvalue weighted by molar-refractivity contribution is 0.409. The van der Waals surface area contributed by atoms with Gasteiger partial charge in [-0.3, -0.25) is 4.68 Å². The second-order valence-electron chi connectivity index (χ2n) is 4.83. The van der Waals surface area contributed by atoms with Crippen LogP contribution < -0.4 is 10.1 Å². The summed E-state index contributed by atoms with van der Waals surface area (Å²) < 4.78 is 7.34. The number of aromatic nitrogens is 2. The molecule has 4 heteroatoms. The third kappa shape index (κ3) is 3.61. The zero-order valence-electron chi connectivity index (χ0n) is 12.5. The highest BCUT2D eigenvalue weighted by Crippen LogP contribution is 2.17. The van der Waals surface area contributed by atoms with Crippen LogP contribution >= 0.6 is 0 Å². The minimum absolute atomic E-state index is 0.862. The number of para-hydroxylation sites is 1. The molecule has 0 atom stereocenters. The lowest BCUT2D eigenvalue weighted by Crippen LogP contribution is -2.17. The van der Waals surface area contributed by atoms with Gasteiger partial charge in [0.1, 0.15) is 5.75 Å². The van der Waals surface area contributed by atoms with Crippen LogP contribution in [0.1, 0.15) is 23.7 Å². The molecule has 0 spiro atoms. The van der Waals surface area contributed by atoms with E-state index < -0.39 is 0 Å². The van der Waals surface area contributed by atoms with Crippen molar-refractivity contribution >= 4 is 0 Å². The van der Waals surface area contributed by atoms with Gasteiger partial charge < -0.3 is 10.1 Å². The lowest BCUT2D eigenvalue weighted by Gasteiger charge is -2.08. The second kappa shape index (κ2) is 7.10. The number of rotatable bonds is 7. The molecule has 1 N–H and O–H groups in total. The molecule has 0 bridgehead atoms. The largest absolute Gasteiger partial charge is 0.496 e. The van der Waals surface area contributed by atoms with Crippen molar-refractivity contribution in [2.24, 2.45) is 0 Å². The zero-order chi connectivity index (χ0) is 14.4. The highest BCUT2D eigenvalue weighted by Gasteiger charge is 2.04. The molecule has 1 heterocycles. The van der Waals surface area contributed by atoms with Crippen LogP contribution in [0.4, 0.5) is 0 Å². The van der Waals surface area contributed by atoms with Crippen LogP contribution in [0.5, 0.6) is 5.75 Å². The molecule has 20 heavy (non-hydrogen) atoms. The van der Waals surface area contributed by atoms with Crippen molar-refractivity contribution in [2.75, 3.05) is 13.7 Å². The van der Waals surface area contributed by atoms with E-state index >= 15 is 0 Å². The van der Waals surface area contributed by atoms with Gasteiger partial charge in [-0.15, -0.1) is 0 Å². The van der Waals surface area contributed by atoms with E-state index in [1.165, 1.54) is 11.1 Å². The Hall–Kier alpha value is -1.81. The van der Waals surface area contributed by atoms with Crippen LogP contribution in [-0.2, 0) is 19.5 Å². The fraction of sp³-hybridized carbons (Fsp3) is 0.438. The molecular formula is C16H23N3O. The predicted molar refractivity (Wildman–Crippen MR) is 81.0 cm³/mol. The van der Waals surface area contributed by atoms with Crippen LogP contribution in [0.15, 0.2) is 30.5 Å². The number of methoxy groups -OCH3 is 1. The standard InChI is InChI=1S/C16H23N3O/c1-4-19-12-15(13(2)18-19)11-17-10-9-14-7-5-6-8-16(14)20-3/h5-8,12,17H,4,9-11H2,1-3H3. The SMILES string of the molecule is CCn1cc(CNCCc2ccccc2OC)c(C)n1. The van der Waals surface area contributed by atoms with Crippen molar-refractivity contribution in [3.63, 3.8) is 0 Å². The van der Waals surface area contributed by atoms with E-state index in [4.69, 9.17) is 4.74 Å². The zero-order valence-corrected chi connectivity index (χ0v) is 12.5. The molecule has 0 fully saturated rings. The molecule has 0 aliphatic rings. The van der Waals surface area contributed by atoms with Crippen molar-refractivity contribution < 1.29 is 4.74 Å². The van der Waals surface area contributed by atoms with Crippen molar-refractivity contribution in [1.82, 2.24) is 15.1 Å². The molecule has 0 amide bonds. The van der Waals surface area contributed by atoms with E-state index in [0.29, 0.717) is 0 Å². The Bertz CT molecular complexity index is 548. The first-order chi connectivity index (χ1) is 9.74. The summed E-state index contributed by atoms with van der Waals surface area (Å²) in [5.74, 6) is 0.962. The van der Waals surface area contributed by atoms with Crippen molar-refractivity contribution in [2.45, 2.75) is 33.4 Å². The summed E-state index contributed by atoms with van der Waals surface area (Å²) in [6.45, 7) is 6.87. The number of nitrogens with zero attached hydrogens (tertiary/aromatic N) is 2. The highest BCUT2D eigenvalue weighted by atomic mass is 16.5. The molecule has 1 aromatic heterocycles. The Labute approximate surface area is 120 Å². The summed E-state index contributed by atoms with van der Waals surface area (Å²) >= 11 is 0. The fourth-order valence-corrected chi connectivity index (χ4v) is 2.25. The van der Waals surface area contributed by atoms with Gasteiger partial charge in [0.15, 0.2) is 0 Å². The Morgan fingerprint density at radius 3 is 2.75 bits per heavy atom. The predicted octanol–water partition coefficient (Wildman–Crippen LogP) is 2.55. The molecule has 1 aromatic carbocycles. The third-order valence-corrected chi connectivity index (χ3v) is 3.45. The summed E-state index contributed by atoms with van der Waals surface area (Å²) in [5, 5.41) is 7.92. The summed E-state index contributed by atoms with van der Waals surface area (Å²) in [5.41, 5.74) is 3.62. The number of benzene rings is 1. The molecule has 0 radical (unpaired) electrons. The summed E-state index contributed by atoms with van der Waals surface area (Å²) in [6.07, 6.45) is 3.08. The fourth-order valence-electron chi connectivity index (χ4n) is 2.25. The van der Waals surface area contributed by atoms with Crippen molar-refractivity contribution in [3.05, 3.63) is 47.3 Å². The van der Waals surface area contributed by atoms with Crippen molar-refractivity contribution in [1.29, 1.82) is 0 Å². The Balaban J connectivity index is 1.83. The summed E-state index contributed by atoms with van der Waals surface area (Å²) in [6, 6.07) is 8.16. The minimum Gasteiger partial charge on any atom is -0.496 e. The van der Waals surface area contributed by atoms with Crippen LogP contribution in [0, 0.1) is 6.92 Å². The lowest BCUT2D eigenvalue weighted by atomic mass is 10.1. The van der Waals surface area contributed by atoms with E-state index in [9.17, 15) is 0 Å². The maximum absolute atomic E-state index is 5.36. The van der Waals surface area contributed by atoms with E-state index in [2.05, 4.69) is 36.5 Å². The van der Waals surface area contributed by atoms with Gasteiger partial charge in [0.05, 0.1) is 12.8 Å². The molecule has 0 aliphatic heterocycles. The molecular weight excluding hydrogens is 250 g/mol. The van der Waals surface area contributed by atoms with E-state index in [-0.39, 0.29) is 0 Å². The van der Waals surface area contributed by atoms with Gasteiger partial charge in [-0.25, -0.2) is 0 Å². The van der Waals surface area contributed by atoms with Crippen LogP contribution in [-0.4, -0.2) is 23.4 Å². The van der Waals surface area contributed by atoms with E-state index in [1.54, 1.807) is 7.11 Å². The first-order valence-corrected chi connectivity index (χ1v) is 7.10. The average molecular weight is 273 g/mol.